The van der Waals surface area contributed by atoms with Crippen molar-refractivity contribution in [3.63, 3.8) is 0 Å². The molecular weight excluding hydrogens is 390 g/mol. The van der Waals surface area contributed by atoms with Crippen molar-refractivity contribution in [3.05, 3.63) is 64.7 Å². The minimum Gasteiger partial charge on any atom is -0.496 e. The van der Waals surface area contributed by atoms with Crippen LogP contribution in [0.5, 0.6) is 5.75 Å². The Bertz CT molecular complexity index is 857. The highest BCUT2D eigenvalue weighted by Gasteiger charge is 2.36. The predicted molar refractivity (Wildman–Crippen MR) is 123 cm³/mol. The fraction of sp³-hybridized carbons (Fsp3) is 0.480. The second-order valence-corrected chi connectivity index (χ2v) is 8.28. The number of nitrogens with zero attached hydrogens (tertiary/aromatic N) is 1. The summed E-state index contributed by atoms with van der Waals surface area (Å²) < 4.78 is 10.5. The highest BCUT2D eigenvalue weighted by molar-refractivity contribution is 5.82. The number of methoxy groups -OCH3 is 2. The average molecular weight is 426 g/mol. The molecule has 0 aliphatic carbocycles. The van der Waals surface area contributed by atoms with Gasteiger partial charge in [-0.1, -0.05) is 36.4 Å². The molecule has 0 radical (unpaired) electrons. The number of carbonyl (C=O) groups is 1. The number of benzene rings is 2. The Morgan fingerprint density at radius 2 is 1.90 bits per heavy atom. The zero-order valence-electron chi connectivity index (χ0n) is 19.1. The molecule has 2 N–H and O–H groups in total. The van der Waals surface area contributed by atoms with Crippen LogP contribution in [0, 0.1) is 13.8 Å². The smallest absolute Gasteiger partial charge is 0.237 e. The van der Waals surface area contributed by atoms with Crippen LogP contribution in [0.2, 0.25) is 0 Å². The van der Waals surface area contributed by atoms with Crippen LogP contribution < -0.4 is 15.4 Å². The van der Waals surface area contributed by atoms with Crippen molar-refractivity contribution in [3.8, 4) is 5.75 Å². The molecule has 3 rings (SSSR count). The zero-order valence-corrected chi connectivity index (χ0v) is 19.1. The first kappa shape index (κ1) is 23.3. The van der Waals surface area contributed by atoms with Gasteiger partial charge in [0, 0.05) is 39.3 Å². The van der Waals surface area contributed by atoms with Gasteiger partial charge in [-0.15, -0.1) is 0 Å². The Hall–Kier alpha value is -2.41. The summed E-state index contributed by atoms with van der Waals surface area (Å²) in [5, 5.41) is 6.70. The number of hydrogen-bond acceptors (Lipinski definition) is 5. The van der Waals surface area contributed by atoms with E-state index in [9.17, 15) is 4.79 Å². The normalized spacial score (nSPS) is 18.8. The number of likely N-dealkylation sites (tertiary alicyclic amines) is 1. The molecule has 0 saturated carbocycles. The predicted octanol–water partition coefficient (Wildman–Crippen LogP) is 2.81. The number of carbonyl (C=O) groups excluding carboxylic acids is 1. The van der Waals surface area contributed by atoms with Gasteiger partial charge in [0.1, 0.15) is 5.75 Å². The maximum absolute atomic E-state index is 12.9. The van der Waals surface area contributed by atoms with E-state index in [-0.39, 0.29) is 18.0 Å². The van der Waals surface area contributed by atoms with Crippen LogP contribution in [-0.4, -0.2) is 56.8 Å². The molecule has 2 aromatic rings. The standard InChI is InChI=1S/C25H35N3O3/c1-18-13-24(31-4)19(2)12-21(18)15-27-22-14-23(25(29)26-10-11-30-3)28(17-22)16-20-8-6-5-7-9-20/h5-9,12-13,22-23,27H,10-11,14-17H2,1-4H3,(H,26,29)/t22-,23+/m1/s1. The van der Waals surface area contributed by atoms with E-state index in [1.807, 2.05) is 18.2 Å². The molecule has 1 saturated heterocycles. The van der Waals surface area contributed by atoms with Crippen LogP contribution in [0.4, 0.5) is 0 Å². The fourth-order valence-electron chi connectivity index (χ4n) is 4.23. The summed E-state index contributed by atoms with van der Waals surface area (Å²) in [6.07, 6.45) is 0.792. The molecule has 1 heterocycles. The summed E-state index contributed by atoms with van der Waals surface area (Å²) in [6.45, 7) is 7.62. The van der Waals surface area contributed by atoms with Gasteiger partial charge in [-0.25, -0.2) is 0 Å². The van der Waals surface area contributed by atoms with Crippen LogP contribution in [0.1, 0.15) is 28.7 Å². The van der Waals surface area contributed by atoms with Crippen molar-refractivity contribution in [2.24, 2.45) is 0 Å². The van der Waals surface area contributed by atoms with Crippen molar-refractivity contribution in [1.82, 2.24) is 15.5 Å². The maximum atomic E-state index is 12.9. The van der Waals surface area contributed by atoms with E-state index >= 15 is 0 Å². The Morgan fingerprint density at radius 1 is 1.13 bits per heavy atom. The van der Waals surface area contributed by atoms with Crippen LogP contribution >= 0.6 is 0 Å². The first-order valence-corrected chi connectivity index (χ1v) is 10.9. The minimum atomic E-state index is -0.145. The Kier molecular flexibility index (Phi) is 8.46. The van der Waals surface area contributed by atoms with Crippen molar-refractivity contribution in [1.29, 1.82) is 0 Å². The summed E-state index contributed by atoms with van der Waals surface area (Å²) in [4.78, 5) is 15.1. The lowest BCUT2D eigenvalue weighted by molar-refractivity contribution is -0.125. The van der Waals surface area contributed by atoms with Crippen LogP contribution in [0.15, 0.2) is 42.5 Å². The highest BCUT2D eigenvalue weighted by atomic mass is 16.5. The van der Waals surface area contributed by atoms with Crippen LogP contribution in [-0.2, 0) is 22.6 Å². The first-order chi connectivity index (χ1) is 15.0. The van der Waals surface area contributed by atoms with Gasteiger partial charge in [-0.3, -0.25) is 9.69 Å². The van der Waals surface area contributed by atoms with Crippen molar-refractivity contribution in [2.45, 2.75) is 45.4 Å². The number of hydrogen-bond donors (Lipinski definition) is 2. The topological polar surface area (TPSA) is 62.8 Å². The van der Waals surface area contributed by atoms with E-state index < -0.39 is 0 Å². The third kappa shape index (κ3) is 6.29. The Balaban J connectivity index is 1.66. The summed E-state index contributed by atoms with van der Waals surface area (Å²) in [6, 6.07) is 14.7. The second kappa shape index (κ2) is 11.3. The number of aryl methyl sites for hydroxylation is 2. The molecule has 31 heavy (non-hydrogen) atoms. The molecule has 1 fully saturated rings. The number of rotatable bonds is 10. The monoisotopic (exact) mass is 425 g/mol. The molecule has 1 aliphatic rings. The van der Waals surface area contributed by atoms with Gasteiger partial charge in [-0.05, 0) is 48.6 Å². The van der Waals surface area contributed by atoms with Gasteiger partial charge in [0.15, 0.2) is 0 Å². The third-order valence-corrected chi connectivity index (χ3v) is 5.97. The summed E-state index contributed by atoms with van der Waals surface area (Å²) in [7, 11) is 3.35. The fourth-order valence-corrected chi connectivity index (χ4v) is 4.23. The number of nitrogens with one attached hydrogen (secondary N) is 2. The largest absolute Gasteiger partial charge is 0.496 e. The van der Waals surface area contributed by atoms with Crippen molar-refractivity contribution < 1.29 is 14.3 Å². The van der Waals surface area contributed by atoms with Gasteiger partial charge < -0.3 is 20.1 Å². The lowest BCUT2D eigenvalue weighted by Gasteiger charge is -2.23. The molecule has 1 amide bonds. The molecule has 168 valence electrons. The molecular formula is C25H35N3O3. The molecule has 2 aromatic carbocycles. The van der Waals surface area contributed by atoms with E-state index in [1.165, 1.54) is 16.7 Å². The summed E-state index contributed by atoms with van der Waals surface area (Å²) in [5.74, 6) is 0.998. The summed E-state index contributed by atoms with van der Waals surface area (Å²) >= 11 is 0. The van der Waals surface area contributed by atoms with Crippen molar-refractivity contribution >= 4 is 5.91 Å². The Labute approximate surface area is 185 Å². The van der Waals surface area contributed by atoms with Crippen LogP contribution in [0.3, 0.4) is 0 Å². The molecule has 0 unspecified atom stereocenters. The zero-order chi connectivity index (χ0) is 22.2. The van der Waals surface area contributed by atoms with Crippen LogP contribution in [0.25, 0.3) is 0 Å². The molecule has 0 spiro atoms. The SMILES string of the molecule is COCCNC(=O)[C@@H]1C[C@@H](NCc2cc(C)c(OC)cc2C)CN1Cc1ccccc1. The molecule has 6 nitrogen and oxygen atoms in total. The van der Waals surface area contributed by atoms with Gasteiger partial charge >= 0.3 is 0 Å². The molecule has 2 atom stereocenters. The van der Waals surface area contributed by atoms with E-state index in [0.29, 0.717) is 13.2 Å². The second-order valence-electron chi connectivity index (χ2n) is 8.28. The lowest BCUT2D eigenvalue weighted by Crippen LogP contribution is -2.43. The number of ether oxygens (including phenoxy) is 2. The average Bonchev–Trinajstić information content (AvgIpc) is 3.17. The van der Waals surface area contributed by atoms with E-state index in [2.05, 4.69) is 53.6 Å². The minimum absolute atomic E-state index is 0.0775. The lowest BCUT2D eigenvalue weighted by atomic mass is 10.0. The van der Waals surface area contributed by atoms with Gasteiger partial charge in [0.05, 0.1) is 19.8 Å². The molecule has 6 heteroatoms. The van der Waals surface area contributed by atoms with Gasteiger partial charge in [0.2, 0.25) is 5.91 Å². The molecule has 0 aromatic heterocycles. The van der Waals surface area contributed by atoms with E-state index in [4.69, 9.17) is 9.47 Å². The molecule has 0 bridgehead atoms. The van der Waals surface area contributed by atoms with Gasteiger partial charge in [0.25, 0.3) is 0 Å². The third-order valence-electron chi connectivity index (χ3n) is 5.97. The van der Waals surface area contributed by atoms with E-state index in [0.717, 1.165) is 37.4 Å². The quantitative estimate of drug-likeness (QED) is 0.573. The summed E-state index contributed by atoms with van der Waals surface area (Å²) in [5.41, 5.74) is 4.83. The number of amides is 1. The molecule has 1 aliphatic heterocycles. The van der Waals surface area contributed by atoms with E-state index in [1.54, 1.807) is 14.2 Å². The Morgan fingerprint density at radius 3 is 2.61 bits per heavy atom. The first-order valence-electron chi connectivity index (χ1n) is 10.9. The maximum Gasteiger partial charge on any atom is 0.237 e. The van der Waals surface area contributed by atoms with Gasteiger partial charge in [-0.2, -0.15) is 0 Å². The highest BCUT2D eigenvalue weighted by Crippen LogP contribution is 2.24. The van der Waals surface area contributed by atoms with Crippen molar-refractivity contribution in [2.75, 3.05) is 33.9 Å².